The van der Waals surface area contributed by atoms with Gasteiger partial charge in [0.1, 0.15) is 5.82 Å². The topological polar surface area (TPSA) is 85.6 Å². The lowest BCUT2D eigenvalue weighted by Gasteiger charge is -2.25. The van der Waals surface area contributed by atoms with Gasteiger partial charge in [0.25, 0.3) is 0 Å². The van der Waals surface area contributed by atoms with Gasteiger partial charge in [0, 0.05) is 58.9 Å². The molecular weight excluding hydrogens is 471 g/mol. The first-order chi connectivity index (χ1) is 13.3. The van der Waals surface area contributed by atoms with E-state index in [-0.39, 0.29) is 24.0 Å². The molecule has 8 nitrogen and oxygen atoms in total. The maximum Gasteiger partial charge on any atom is 0.191 e. The first-order valence-electron chi connectivity index (χ1n) is 10.3. The predicted molar refractivity (Wildman–Crippen MR) is 120 cm³/mol. The van der Waals surface area contributed by atoms with Crippen LogP contribution in [0.4, 0.5) is 0 Å². The monoisotopic (exact) mass is 506 g/mol. The van der Waals surface area contributed by atoms with Crippen molar-refractivity contribution < 1.29 is 9.47 Å². The first kappa shape index (κ1) is 23.3. The van der Waals surface area contributed by atoms with Crippen molar-refractivity contribution in [3.63, 3.8) is 0 Å². The van der Waals surface area contributed by atoms with Gasteiger partial charge in [-0.3, -0.25) is 4.99 Å². The Bertz CT molecular complexity index is 603. The molecule has 0 aliphatic carbocycles. The van der Waals surface area contributed by atoms with Gasteiger partial charge in [0.05, 0.1) is 6.54 Å². The number of nitrogens with zero attached hydrogens (tertiary/aromatic N) is 4. The number of hydrogen-bond donors (Lipinski definition) is 2. The van der Waals surface area contributed by atoms with Gasteiger partial charge in [-0.25, -0.2) is 9.67 Å². The highest BCUT2D eigenvalue weighted by Gasteiger charge is 2.22. The lowest BCUT2D eigenvalue weighted by molar-refractivity contribution is 0.0203. The van der Waals surface area contributed by atoms with Crippen LogP contribution in [0.5, 0.6) is 0 Å². The van der Waals surface area contributed by atoms with Gasteiger partial charge < -0.3 is 20.1 Å². The molecule has 28 heavy (non-hydrogen) atoms. The fourth-order valence-electron chi connectivity index (χ4n) is 3.56. The van der Waals surface area contributed by atoms with E-state index < -0.39 is 0 Å². The Morgan fingerprint density at radius 2 is 2.14 bits per heavy atom. The van der Waals surface area contributed by atoms with Gasteiger partial charge in [-0.2, -0.15) is 5.10 Å². The zero-order valence-electron chi connectivity index (χ0n) is 17.2. The maximum absolute atomic E-state index is 5.82. The van der Waals surface area contributed by atoms with E-state index in [0.717, 1.165) is 95.7 Å². The summed E-state index contributed by atoms with van der Waals surface area (Å²) in [6, 6.07) is 0.333. The highest BCUT2D eigenvalue weighted by atomic mass is 127. The molecule has 0 saturated carbocycles. The fourth-order valence-corrected chi connectivity index (χ4v) is 3.56. The smallest absolute Gasteiger partial charge is 0.191 e. The molecule has 2 aliphatic rings. The minimum absolute atomic E-state index is 0. The lowest BCUT2D eigenvalue weighted by Crippen LogP contribution is -2.47. The Morgan fingerprint density at radius 1 is 1.32 bits per heavy atom. The van der Waals surface area contributed by atoms with Crippen LogP contribution in [0.3, 0.4) is 0 Å². The molecule has 2 N–H and O–H groups in total. The van der Waals surface area contributed by atoms with Gasteiger partial charge in [0.15, 0.2) is 11.8 Å². The number of nitrogens with one attached hydrogen (secondary N) is 2. The molecule has 0 aromatic carbocycles. The van der Waals surface area contributed by atoms with E-state index in [0.29, 0.717) is 12.0 Å². The molecular formula is C19H35IN6O2. The quantitative estimate of drug-likeness (QED) is 0.242. The van der Waals surface area contributed by atoms with Gasteiger partial charge in [-0.05, 0) is 31.6 Å². The third-order valence-corrected chi connectivity index (χ3v) is 5.23. The number of guanidine groups is 1. The van der Waals surface area contributed by atoms with Gasteiger partial charge in [0.2, 0.25) is 0 Å². The van der Waals surface area contributed by atoms with Crippen LogP contribution in [0.15, 0.2) is 4.99 Å². The van der Waals surface area contributed by atoms with Crippen LogP contribution >= 0.6 is 24.0 Å². The normalized spacial score (nSPS) is 20.4. The van der Waals surface area contributed by atoms with E-state index in [4.69, 9.17) is 9.47 Å². The molecule has 0 amide bonds. The third kappa shape index (κ3) is 7.14. The molecule has 0 radical (unpaired) electrons. The minimum atomic E-state index is 0. The van der Waals surface area contributed by atoms with Crippen LogP contribution in [0.1, 0.15) is 44.3 Å². The van der Waals surface area contributed by atoms with Crippen LogP contribution in [-0.4, -0.2) is 66.8 Å². The summed E-state index contributed by atoms with van der Waals surface area (Å²) in [5, 5.41) is 11.5. The van der Waals surface area contributed by atoms with Crippen molar-refractivity contribution in [1.82, 2.24) is 25.4 Å². The van der Waals surface area contributed by atoms with Crippen molar-refractivity contribution in [1.29, 1.82) is 0 Å². The van der Waals surface area contributed by atoms with Crippen molar-refractivity contribution in [3.05, 3.63) is 11.6 Å². The van der Waals surface area contributed by atoms with Crippen molar-refractivity contribution in [2.45, 2.75) is 58.0 Å². The Hall–Kier alpha value is -0.940. The van der Waals surface area contributed by atoms with E-state index in [1.165, 1.54) is 0 Å². The van der Waals surface area contributed by atoms with E-state index in [9.17, 15) is 0 Å². The van der Waals surface area contributed by atoms with Gasteiger partial charge >= 0.3 is 0 Å². The van der Waals surface area contributed by atoms with E-state index in [1.807, 2.05) is 11.7 Å². The standard InChI is InChI=1S/C19H34N6O2.HI/c1-3-17-23-18-6-5-16(13-25(18)24-17)22-19(20-2)21-9-4-10-27-14-15-7-11-26-12-8-15;/h15-16H,3-14H2,1-2H3,(H2,20,21,22);1H. The molecule has 1 aromatic rings. The second-order valence-corrected chi connectivity index (χ2v) is 7.34. The minimum Gasteiger partial charge on any atom is -0.381 e. The molecule has 1 unspecified atom stereocenters. The Balaban J connectivity index is 0.00000280. The third-order valence-electron chi connectivity index (χ3n) is 5.23. The largest absolute Gasteiger partial charge is 0.381 e. The van der Waals surface area contributed by atoms with Crippen LogP contribution in [0, 0.1) is 5.92 Å². The summed E-state index contributed by atoms with van der Waals surface area (Å²) in [7, 11) is 1.82. The zero-order valence-corrected chi connectivity index (χ0v) is 19.5. The summed E-state index contributed by atoms with van der Waals surface area (Å²) in [4.78, 5) is 8.92. The highest BCUT2D eigenvalue weighted by molar-refractivity contribution is 14.0. The number of aliphatic imine (C=N–C) groups is 1. The summed E-state index contributed by atoms with van der Waals surface area (Å²) in [5.41, 5.74) is 0. The van der Waals surface area contributed by atoms with Gasteiger partial charge in [-0.15, -0.1) is 24.0 Å². The molecule has 0 bridgehead atoms. The molecule has 1 saturated heterocycles. The lowest BCUT2D eigenvalue weighted by atomic mass is 10.0. The molecule has 1 fully saturated rings. The van der Waals surface area contributed by atoms with Crippen molar-refractivity contribution >= 4 is 29.9 Å². The number of fused-ring (bicyclic) bond motifs is 1. The van der Waals surface area contributed by atoms with E-state index in [2.05, 4.69) is 32.6 Å². The van der Waals surface area contributed by atoms with Crippen LogP contribution in [0.2, 0.25) is 0 Å². The zero-order chi connectivity index (χ0) is 18.9. The fraction of sp³-hybridized carbons (Fsp3) is 0.842. The molecule has 1 atom stereocenters. The van der Waals surface area contributed by atoms with Crippen LogP contribution in [0.25, 0.3) is 0 Å². The SMILES string of the molecule is CCc1nc2n(n1)CC(NC(=NC)NCCCOCC1CCOCC1)CC2.I. The van der Waals surface area contributed by atoms with Crippen molar-refractivity contribution in [2.24, 2.45) is 10.9 Å². The Morgan fingerprint density at radius 3 is 2.89 bits per heavy atom. The molecule has 2 aliphatic heterocycles. The van der Waals surface area contributed by atoms with Crippen molar-refractivity contribution in [2.75, 3.05) is 40.0 Å². The molecule has 3 heterocycles. The summed E-state index contributed by atoms with van der Waals surface area (Å²) in [5.74, 6) is 3.56. The van der Waals surface area contributed by atoms with E-state index in [1.54, 1.807) is 0 Å². The number of hydrogen-bond acceptors (Lipinski definition) is 5. The Labute approximate surface area is 185 Å². The number of ether oxygens (including phenoxy) is 2. The average Bonchev–Trinajstić information content (AvgIpc) is 3.13. The predicted octanol–water partition coefficient (Wildman–Crippen LogP) is 1.77. The van der Waals surface area contributed by atoms with Crippen molar-refractivity contribution in [3.8, 4) is 0 Å². The average molecular weight is 506 g/mol. The number of halogens is 1. The summed E-state index contributed by atoms with van der Waals surface area (Å²) >= 11 is 0. The molecule has 160 valence electrons. The summed E-state index contributed by atoms with van der Waals surface area (Å²) < 4.78 is 13.2. The number of aryl methyl sites for hydroxylation is 2. The van der Waals surface area contributed by atoms with E-state index >= 15 is 0 Å². The molecule has 3 rings (SSSR count). The summed E-state index contributed by atoms with van der Waals surface area (Å²) in [6.07, 6.45) is 6.13. The summed E-state index contributed by atoms with van der Waals surface area (Å²) in [6.45, 7) is 7.20. The molecule has 0 spiro atoms. The molecule has 9 heteroatoms. The number of aromatic nitrogens is 3. The van der Waals surface area contributed by atoms with Crippen LogP contribution in [-0.2, 0) is 28.9 Å². The number of rotatable bonds is 8. The highest BCUT2D eigenvalue weighted by Crippen LogP contribution is 2.15. The van der Waals surface area contributed by atoms with Gasteiger partial charge in [-0.1, -0.05) is 6.92 Å². The maximum atomic E-state index is 5.82. The second-order valence-electron chi connectivity index (χ2n) is 7.34. The Kier molecular flexibility index (Phi) is 10.5. The van der Waals surface area contributed by atoms with Crippen LogP contribution < -0.4 is 10.6 Å². The second kappa shape index (κ2) is 12.6. The molecule has 1 aromatic heterocycles. The first-order valence-corrected chi connectivity index (χ1v) is 10.3.